The van der Waals surface area contributed by atoms with Crippen molar-refractivity contribution in [2.45, 2.75) is 43.8 Å². The maximum Gasteiger partial charge on any atom is 0.242 e. The Morgan fingerprint density at radius 3 is 2.47 bits per heavy atom. The van der Waals surface area contributed by atoms with Crippen molar-refractivity contribution in [2.75, 3.05) is 6.54 Å². The summed E-state index contributed by atoms with van der Waals surface area (Å²) in [7, 11) is 0. The van der Waals surface area contributed by atoms with Crippen LogP contribution in [0.3, 0.4) is 0 Å². The van der Waals surface area contributed by atoms with Gasteiger partial charge in [0.05, 0.1) is 0 Å². The van der Waals surface area contributed by atoms with Crippen LogP contribution >= 0.6 is 0 Å². The van der Waals surface area contributed by atoms with Gasteiger partial charge in [0.15, 0.2) is 0 Å². The summed E-state index contributed by atoms with van der Waals surface area (Å²) in [5.74, 6) is -0.442. The molecule has 0 spiro atoms. The summed E-state index contributed by atoms with van der Waals surface area (Å²) in [5.41, 5.74) is 9.60. The molecule has 1 aliphatic heterocycles. The molecule has 32 heavy (non-hydrogen) atoms. The number of nitrogens with two attached hydrogens (primary N) is 1. The summed E-state index contributed by atoms with van der Waals surface area (Å²) < 4.78 is 0. The predicted molar refractivity (Wildman–Crippen MR) is 124 cm³/mol. The summed E-state index contributed by atoms with van der Waals surface area (Å²) >= 11 is 0. The van der Waals surface area contributed by atoms with Crippen LogP contribution in [-0.2, 0) is 21.5 Å². The smallest absolute Gasteiger partial charge is 0.242 e. The van der Waals surface area contributed by atoms with E-state index in [4.69, 9.17) is 11.1 Å². The second-order valence-electron chi connectivity index (χ2n) is 8.56. The number of nitrogens with one attached hydrogen (secondary N) is 4. The predicted octanol–water partition coefficient (Wildman–Crippen LogP) is 1.72. The Balaban J connectivity index is 1.30. The van der Waals surface area contributed by atoms with Crippen molar-refractivity contribution in [3.05, 3.63) is 82.9 Å². The fourth-order valence-electron chi connectivity index (χ4n) is 4.23. The van der Waals surface area contributed by atoms with Gasteiger partial charge in [-0.2, -0.15) is 0 Å². The zero-order valence-electron chi connectivity index (χ0n) is 18.2. The van der Waals surface area contributed by atoms with E-state index in [2.05, 4.69) is 40.2 Å². The number of amidine groups is 1. The van der Waals surface area contributed by atoms with Crippen LogP contribution in [0.25, 0.3) is 0 Å². The Kier molecular flexibility index (Phi) is 6.10. The number of hydrogen-bond acceptors (Lipinski definition) is 4. The fraction of sp³-hybridized carbons (Fsp3) is 0.320. The lowest BCUT2D eigenvalue weighted by molar-refractivity contribution is -0.129. The second-order valence-corrected chi connectivity index (χ2v) is 8.56. The Hall–Kier alpha value is -3.45. The highest BCUT2D eigenvalue weighted by Gasteiger charge is 2.48. The van der Waals surface area contributed by atoms with E-state index >= 15 is 0 Å². The topological polar surface area (TPSA) is 120 Å². The van der Waals surface area contributed by atoms with E-state index in [9.17, 15) is 9.59 Å². The molecule has 2 aromatic rings. The average molecular weight is 432 g/mol. The largest absolute Gasteiger partial charge is 0.384 e. The van der Waals surface area contributed by atoms with E-state index in [-0.39, 0.29) is 23.1 Å². The van der Waals surface area contributed by atoms with E-state index in [0.717, 1.165) is 18.4 Å². The number of amides is 2. The normalized spacial score (nSPS) is 19.5. The Morgan fingerprint density at radius 1 is 1.16 bits per heavy atom. The minimum atomic E-state index is -0.651. The number of carbonyl (C=O) groups is 2. The van der Waals surface area contributed by atoms with Crippen LogP contribution in [-0.4, -0.2) is 36.3 Å². The Bertz CT molecular complexity index is 1040. The molecule has 2 amide bonds. The van der Waals surface area contributed by atoms with E-state index < -0.39 is 12.1 Å². The molecule has 1 unspecified atom stereocenters. The van der Waals surface area contributed by atoms with E-state index in [0.29, 0.717) is 18.7 Å². The molecule has 7 nitrogen and oxygen atoms in total. The van der Waals surface area contributed by atoms with Crippen molar-refractivity contribution in [1.29, 1.82) is 5.41 Å². The van der Waals surface area contributed by atoms with Gasteiger partial charge in [0.2, 0.25) is 11.8 Å². The lowest BCUT2D eigenvalue weighted by Crippen LogP contribution is -2.49. The molecular weight excluding hydrogens is 402 g/mol. The second kappa shape index (κ2) is 8.96. The molecule has 6 N–H and O–H groups in total. The quantitative estimate of drug-likeness (QED) is 0.248. The van der Waals surface area contributed by atoms with Crippen molar-refractivity contribution in [3.8, 4) is 0 Å². The van der Waals surface area contributed by atoms with Crippen LogP contribution in [0.15, 0.2) is 66.2 Å². The zero-order valence-corrected chi connectivity index (χ0v) is 18.2. The first-order valence-corrected chi connectivity index (χ1v) is 10.9. The first-order valence-electron chi connectivity index (χ1n) is 10.9. The highest BCUT2D eigenvalue weighted by atomic mass is 16.2. The first kappa shape index (κ1) is 21.8. The minimum Gasteiger partial charge on any atom is -0.384 e. The van der Waals surface area contributed by atoms with Crippen LogP contribution in [0.4, 0.5) is 0 Å². The standard InChI is InChI=1S/C25H29N5O2/c1-16(23(31)29-14-17-7-9-18(10-8-17)22(26)27)30-24(32)21-13-20(15-28-21)25(11-12-25)19-5-3-2-4-6-19/h2-10,13,16,21,28H,11-12,14-15H2,1H3,(H3,26,27)(H,29,31)(H,30,32)/t16?,21-/m1/s1. The van der Waals surface area contributed by atoms with Gasteiger partial charge in [0.25, 0.3) is 0 Å². The molecule has 0 saturated heterocycles. The third kappa shape index (κ3) is 4.57. The van der Waals surface area contributed by atoms with Crippen LogP contribution in [0.1, 0.15) is 36.5 Å². The molecule has 0 radical (unpaired) electrons. The third-order valence-electron chi connectivity index (χ3n) is 6.34. The number of nitrogen functional groups attached to an aromatic ring is 1. The zero-order chi connectivity index (χ0) is 22.7. The summed E-state index contributed by atoms with van der Waals surface area (Å²) in [6.07, 6.45) is 4.23. The van der Waals surface area contributed by atoms with Crippen molar-refractivity contribution in [1.82, 2.24) is 16.0 Å². The maximum absolute atomic E-state index is 12.7. The van der Waals surface area contributed by atoms with E-state index in [1.54, 1.807) is 19.1 Å². The molecule has 0 bridgehead atoms. The highest BCUT2D eigenvalue weighted by Crippen LogP contribution is 2.54. The molecule has 2 aromatic carbocycles. The van der Waals surface area contributed by atoms with Gasteiger partial charge in [-0.3, -0.25) is 20.3 Å². The van der Waals surface area contributed by atoms with E-state index in [1.165, 1.54) is 11.1 Å². The molecule has 2 aliphatic rings. The summed E-state index contributed by atoms with van der Waals surface area (Å²) in [6, 6.07) is 16.5. The van der Waals surface area contributed by atoms with Gasteiger partial charge < -0.3 is 16.4 Å². The van der Waals surface area contributed by atoms with E-state index in [1.807, 2.05) is 24.3 Å². The van der Waals surface area contributed by atoms with Gasteiger partial charge in [-0.1, -0.05) is 60.7 Å². The number of carbonyl (C=O) groups excluding carboxylic acids is 2. The van der Waals surface area contributed by atoms with Crippen LogP contribution in [0.2, 0.25) is 0 Å². The summed E-state index contributed by atoms with van der Waals surface area (Å²) in [6.45, 7) is 2.70. The first-order chi connectivity index (χ1) is 15.4. The molecule has 7 heteroatoms. The maximum atomic E-state index is 12.7. The summed E-state index contributed by atoms with van der Waals surface area (Å²) in [4.78, 5) is 25.2. The molecule has 1 saturated carbocycles. The van der Waals surface area contributed by atoms with Crippen LogP contribution < -0.4 is 21.7 Å². The minimum absolute atomic E-state index is 0.00558. The van der Waals surface area contributed by atoms with Gasteiger partial charge in [0, 0.05) is 24.1 Å². The lowest BCUT2D eigenvalue weighted by atomic mass is 9.88. The van der Waals surface area contributed by atoms with Crippen molar-refractivity contribution >= 4 is 17.6 Å². The molecular formula is C25H29N5O2. The number of hydrogen-bond donors (Lipinski definition) is 5. The summed E-state index contributed by atoms with van der Waals surface area (Å²) in [5, 5.41) is 16.3. The highest BCUT2D eigenvalue weighted by molar-refractivity contribution is 5.95. The molecule has 0 aromatic heterocycles. The molecule has 1 fully saturated rings. The lowest BCUT2D eigenvalue weighted by Gasteiger charge is -2.17. The molecule has 1 aliphatic carbocycles. The van der Waals surface area contributed by atoms with Gasteiger partial charge in [-0.15, -0.1) is 0 Å². The molecule has 4 rings (SSSR count). The molecule has 166 valence electrons. The monoisotopic (exact) mass is 431 g/mol. The molecule has 1 heterocycles. The molecule has 2 atom stereocenters. The Labute approximate surface area is 188 Å². The van der Waals surface area contributed by atoms with Crippen LogP contribution in [0.5, 0.6) is 0 Å². The van der Waals surface area contributed by atoms with Crippen LogP contribution in [0, 0.1) is 5.41 Å². The number of benzene rings is 2. The Morgan fingerprint density at radius 2 is 1.84 bits per heavy atom. The average Bonchev–Trinajstić information content (AvgIpc) is 3.47. The van der Waals surface area contributed by atoms with Gasteiger partial charge in [-0.25, -0.2) is 0 Å². The van der Waals surface area contributed by atoms with Crippen molar-refractivity contribution < 1.29 is 9.59 Å². The fourth-order valence-corrected chi connectivity index (χ4v) is 4.23. The van der Waals surface area contributed by atoms with Gasteiger partial charge in [0.1, 0.15) is 17.9 Å². The van der Waals surface area contributed by atoms with Crippen molar-refractivity contribution in [2.24, 2.45) is 5.73 Å². The van der Waals surface area contributed by atoms with Crippen molar-refractivity contribution in [3.63, 3.8) is 0 Å². The number of rotatable bonds is 8. The SMILES string of the molecule is CC(NC(=O)[C@H]1C=C(C2(c3ccccc3)CC2)CN1)C(=O)NCc1ccc(C(=N)N)cc1. The van der Waals surface area contributed by atoms with Gasteiger partial charge in [-0.05, 0) is 36.5 Å². The third-order valence-corrected chi connectivity index (χ3v) is 6.34. The van der Waals surface area contributed by atoms with Gasteiger partial charge >= 0.3 is 0 Å².